The molecule has 0 bridgehead atoms. The molecule has 0 radical (unpaired) electrons. The van der Waals surface area contributed by atoms with Gasteiger partial charge in [0.1, 0.15) is 12.1 Å². The quantitative estimate of drug-likeness (QED) is 0.842. The number of ether oxygens (including phenoxy) is 1. The number of amides is 1. The minimum Gasteiger partial charge on any atom is -0.480 e. The fourth-order valence-electron chi connectivity index (χ4n) is 3.54. The first kappa shape index (κ1) is 16.7. The van der Waals surface area contributed by atoms with Crippen molar-refractivity contribution >= 4 is 11.9 Å². The normalized spacial score (nSPS) is 22.4. The third-order valence-electron chi connectivity index (χ3n) is 4.97. The maximum Gasteiger partial charge on any atom is 0.323 e. The number of hydrogen-bond donors (Lipinski definition) is 2. The fraction of sp³-hybridized carbons (Fsp3) is 0.588. The molecule has 2 aliphatic rings. The number of rotatable bonds is 5. The van der Waals surface area contributed by atoms with Crippen LogP contribution < -0.4 is 10.9 Å². The van der Waals surface area contributed by atoms with Crippen molar-refractivity contribution in [3.8, 4) is 0 Å². The summed E-state index contributed by atoms with van der Waals surface area (Å²) in [7, 11) is 0. The molecule has 24 heavy (non-hydrogen) atoms. The number of carbonyl (C=O) groups is 2. The molecule has 130 valence electrons. The Kier molecular flexibility index (Phi) is 4.71. The second kappa shape index (κ2) is 6.76. The third-order valence-corrected chi connectivity index (χ3v) is 4.97. The molecule has 1 aliphatic heterocycles. The van der Waals surface area contributed by atoms with E-state index in [4.69, 9.17) is 9.84 Å². The number of carbonyl (C=O) groups excluding carboxylic acids is 1. The molecule has 7 nitrogen and oxygen atoms in total. The smallest absolute Gasteiger partial charge is 0.323 e. The highest BCUT2D eigenvalue weighted by molar-refractivity contribution is 5.94. The van der Waals surface area contributed by atoms with Crippen molar-refractivity contribution in [1.82, 2.24) is 9.88 Å². The highest BCUT2D eigenvalue weighted by atomic mass is 16.5. The number of carboxylic acid groups (broad SMARTS) is 1. The zero-order chi connectivity index (χ0) is 17.2. The van der Waals surface area contributed by atoms with E-state index in [0.717, 1.165) is 43.1 Å². The van der Waals surface area contributed by atoms with Crippen LogP contribution in [0.3, 0.4) is 0 Å². The van der Waals surface area contributed by atoms with Gasteiger partial charge in [0.05, 0.1) is 11.6 Å². The molecule has 0 spiro atoms. The lowest BCUT2D eigenvalue weighted by Crippen LogP contribution is -2.62. The van der Waals surface area contributed by atoms with Gasteiger partial charge in [0.15, 0.2) is 0 Å². The first-order chi connectivity index (χ1) is 11.5. The van der Waals surface area contributed by atoms with E-state index in [1.165, 1.54) is 18.3 Å². The molecule has 0 aromatic carbocycles. The Bertz CT molecular complexity index is 686. The van der Waals surface area contributed by atoms with Crippen molar-refractivity contribution in [2.24, 2.45) is 0 Å². The molecule has 1 aromatic rings. The monoisotopic (exact) mass is 334 g/mol. The second-order valence-electron chi connectivity index (χ2n) is 6.57. The molecule has 2 fully saturated rings. The summed E-state index contributed by atoms with van der Waals surface area (Å²) >= 11 is 0. The van der Waals surface area contributed by atoms with Gasteiger partial charge in [0, 0.05) is 12.8 Å². The maximum absolute atomic E-state index is 12.6. The lowest BCUT2D eigenvalue weighted by molar-refractivity contribution is -0.137. The Morgan fingerprint density at radius 1 is 1.33 bits per heavy atom. The molecule has 1 saturated carbocycles. The van der Waals surface area contributed by atoms with Crippen LogP contribution in [0.25, 0.3) is 0 Å². The van der Waals surface area contributed by atoms with Crippen molar-refractivity contribution < 1.29 is 19.4 Å². The fourth-order valence-corrected chi connectivity index (χ4v) is 3.54. The van der Waals surface area contributed by atoms with Crippen molar-refractivity contribution in [3.05, 3.63) is 34.2 Å². The Morgan fingerprint density at radius 3 is 2.71 bits per heavy atom. The van der Waals surface area contributed by atoms with Crippen molar-refractivity contribution in [3.63, 3.8) is 0 Å². The number of carboxylic acids is 1. The molecule has 1 atom stereocenters. The van der Waals surface area contributed by atoms with Crippen LogP contribution in [0.1, 0.15) is 48.9 Å². The summed E-state index contributed by atoms with van der Waals surface area (Å²) in [5.41, 5.74) is -1.01. The Balaban J connectivity index is 1.79. The van der Waals surface area contributed by atoms with Crippen LogP contribution in [0.5, 0.6) is 0 Å². The SMILES string of the molecule is O=C(O)Cn1cccc(C(=O)NC2(C3CCCCO3)CCC2)c1=O. The highest BCUT2D eigenvalue weighted by Crippen LogP contribution is 2.39. The van der Waals surface area contributed by atoms with Gasteiger partial charge in [-0.25, -0.2) is 0 Å². The Hall–Kier alpha value is -2.15. The minimum absolute atomic E-state index is 0.00564. The number of nitrogens with one attached hydrogen (secondary N) is 1. The lowest BCUT2D eigenvalue weighted by Gasteiger charge is -2.49. The number of aliphatic carboxylic acids is 1. The molecule has 7 heteroatoms. The van der Waals surface area contributed by atoms with Gasteiger partial charge >= 0.3 is 5.97 Å². The zero-order valence-corrected chi connectivity index (χ0v) is 13.5. The van der Waals surface area contributed by atoms with Crippen LogP contribution >= 0.6 is 0 Å². The van der Waals surface area contributed by atoms with Crippen molar-refractivity contribution in [2.75, 3.05) is 6.61 Å². The molecule has 2 heterocycles. The summed E-state index contributed by atoms with van der Waals surface area (Å²) in [5, 5.41) is 11.9. The van der Waals surface area contributed by atoms with E-state index < -0.39 is 29.5 Å². The van der Waals surface area contributed by atoms with E-state index in [9.17, 15) is 14.4 Å². The number of aromatic nitrogens is 1. The van der Waals surface area contributed by atoms with Gasteiger partial charge in [-0.3, -0.25) is 14.4 Å². The van der Waals surface area contributed by atoms with Gasteiger partial charge in [0.25, 0.3) is 11.5 Å². The number of pyridine rings is 1. The highest BCUT2D eigenvalue weighted by Gasteiger charge is 2.46. The average molecular weight is 334 g/mol. The summed E-state index contributed by atoms with van der Waals surface area (Å²) in [6.45, 7) is 0.246. The summed E-state index contributed by atoms with van der Waals surface area (Å²) in [6, 6.07) is 2.95. The molecule has 1 aliphatic carbocycles. The third kappa shape index (κ3) is 3.21. The van der Waals surface area contributed by atoms with E-state index in [0.29, 0.717) is 6.61 Å². The van der Waals surface area contributed by atoms with Crippen LogP contribution in [-0.2, 0) is 16.1 Å². The molecule has 2 N–H and O–H groups in total. The minimum atomic E-state index is -1.12. The first-order valence-electron chi connectivity index (χ1n) is 8.37. The largest absolute Gasteiger partial charge is 0.480 e. The van der Waals surface area contributed by atoms with Crippen LogP contribution in [-0.4, -0.2) is 39.8 Å². The molecular weight excluding hydrogens is 312 g/mol. The molecule has 1 aromatic heterocycles. The average Bonchev–Trinajstić information content (AvgIpc) is 2.53. The summed E-state index contributed by atoms with van der Waals surface area (Å²) < 4.78 is 6.88. The van der Waals surface area contributed by atoms with Crippen LogP contribution in [0.4, 0.5) is 0 Å². The van der Waals surface area contributed by atoms with Crippen molar-refractivity contribution in [1.29, 1.82) is 0 Å². The number of nitrogens with zero attached hydrogens (tertiary/aromatic N) is 1. The standard InChI is InChI=1S/C17H22N2O5/c20-14(21)11-19-9-3-5-12(16(19)23)15(22)18-17(7-4-8-17)13-6-1-2-10-24-13/h3,5,9,13H,1-2,4,6-8,10-11H2,(H,18,22)(H,20,21). The van der Waals surface area contributed by atoms with Crippen LogP contribution in [0.15, 0.2) is 23.1 Å². The topological polar surface area (TPSA) is 97.6 Å². The molecule has 1 saturated heterocycles. The Labute approximate surface area is 139 Å². The van der Waals surface area contributed by atoms with E-state index in [-0.39, 0.29) is 11.7 Å². The lowest BCUT2D eigenvalue weighted by atomic mass is 9.70. The van der Waals surface area contributed by atoms with Gasteiger partial charge in [-0.05, 0) is 50.7 Å². The maximum atomic E-state index is 12.6. The Morgan fingerprint density at radius 2 is 2.12 bits per heavy atom. The number of hydrogen-bond acceptors (Lipinski definition) is 4. The summed E-state index contributed by atoms with van der Waals surface area (Å²) in [5.74, 6) is -1.57. The van der Waals surface area contributed by atoms with Gasteiger partial charge in [-0.15, -0.1) is 0 Å². The first-order valence-corrected chi connectivity index (χ1v) is 8.37. The van der Waals surface area contributed by atoms with Crippen LogP contribution in [0, 0.1) is 0 Å². The van der Waals surface area contributed by atoms with E-state index in [1.54, 1.807) is 0 Å². The predicted octanol–water partition coefficient (Wildman–Crippen LogP) is 1.15. The van der Waals surface area contributed by atoms with E-state index >= 15 is 0 Å². The van der Waals surface area contributed by atoms with Crippen LogP contribution in [0.2, 0.25) is 0 Å². The van der Waals surface area contributed by atoms with Gasteiger partial charge in [0.2, 0.25) is 0 Å². The van der Waals surface area contributed by atoms with Crippen molar-refractivity contribution in [2.45, 2.75) is 56.7 Å². The molecule has 1 amide bonds. The summed E-state index contributed by atoms with van der Waals surface area (Å²) in [6.07, 6.45) is 7.12. The van der Waals surface area contributed by atoms with E-state index in [2.05, 4.69) is 5.32 Å². The van der Waals surface area contributed by atoms with E-state index in [1.807, 2.05) is 0 Å². The molecule has 3 rings (SSSR count). The van der Waals surface area contributed by atoms with Gasteiger partial charge in [-0.2, -0.15) is 0 Å². The zero-order valence-electron chi connectivity index (χ0n) is 13.5. The summed E-state index contributed by atoms with van der Waals surface area (Å²) in [4.78, 5) is 35.8. The van der Waals surface area contributed by atoms with Gasteiger partial charge < -0.3 is 19.7 Å². The molecule has 1 unspecified atom stereocenters. The molecular formula is C17H22N2O5. The predicted molar refractivity (Wildman–Crippen MR) is 86.0 cm³/mol. The second-order valence-corrected chi connectivity index (χ2v) is 6.57. The van der Waals surface area contributed by atoms with Gasteiger partial charge in [-0.1, -0.05) is 0 Å².